The van der Waals surface area contributed by atoms with Gasteiger partial charge >= 0.3 is 0 Å². The lowest BCUT2D eigenvalue weighted by atomic mass is 10.1. The molecule has 1 N–H and O–H groups in total. The Bertz CT molecular complexity index is 966. The third-order valence-electron chi connectivity index (χ3n) is 4.28. The van der Waals surface area contributed by atoms with E-state index in [1.165, 1.54) is 5.56 Å². The summed E-state index contributed by atoms with van der Waals surface area (Å²) in [6.45, 7) is 2.03. The number of ether oxygens (including phenoxy) is 1. The number of halogens is 1. The maximum Gasteiger partial charge on any atom is 0.257 e. The van der Waals surface area contributed by atoms with Gasteiger partial charge in [0.05, 0.1) is 10.6 Å². The molecule has 0 aromatic heterocycles. The Kier molecular flexibility index (Phi) is 6.45. The van der Waals surface area contributed by atoms with Crippen LogP contribution in [0.4, 0.5) is 5.69 Å². The Balaban J connectivity index is 1.56. The van der Waals surface area contributed by atoms with Crippen LogP contribution in [0, 0.1) is 0 Å². The van der Waals surface area contributed by atoms with Gasteiger partial charge in [0, 0.05) is 11.3 Å². The van der Waals surface area contributed by atoms with Crippen LogP contribution in [-0.2, 0) is 6.42 Å². The summed E-state index contributed by atoms with van der Waals surface area (Å²) in [5, 5.41) is 3.18. The van der Waals surface area contributed by atoms with Crippen LogP contribution >= 0.6 is 11.6 Å². The Morgan fingerprint density at radius 2 is 1.61 bits per heavy atom. The Morgan fingerprint density at radius 1 is 0.929 bits per heavy atom. The molecule has 0 fully saturated rings. The Labute approximate surface area is 169 Å². The van der Waals surface area contributed by atoms with Crippen molar-refractivity contribution in [1.82, 2.24) is 0 Å². The lowest BCUT2D eigenvalue weighted by molar-refractivity contribution is 0.0921. The zero-order chi connectivity index (χ0) is 19.9. The molecule has 142 valence electrons. The molecule has 0 heterocycles. The fourth-order valence-electron chi connectivity index (χ4n) is 2.64. The standard InChI is InChI=1S/C23H20ClNO3/c1-2-16-7-9-17(10-8-16)22(26)15-28-19-13-11-18(12-14-19)25-23(27)20-5-3-4-6-21(20)24/h3-14H,2,15H2,1H3,(H,25,27). The second kappa shape index (κ2) is 9.20. The van der Waals surface area contributed by atoms with Crippen LogP contribution < -0.4 is 10.1 Å². The summed E-state index contributed by atoms with van der Waals surface area (Å²) in [4.78, 5) is 24.5. The minimum Gasteiger partial charge on any atom is -0.485 e. The highest BCUT2D eigenvalue weighted by Crippen LogP contribution is 2.19. The first-order valence-corrected chi connectivity index (χ1v) is 9.35. The van der Waals surface area contributed by atoms with E-state index in [9.17, 15) is 9.59 Å². The van der Waals surface area contributed by atoms with E-state index in [4.69, 9.17) is 16.3 Å². The van der Waals surface area contributed by atoms with Gasteiger partial charge in [0.15, 0.2) is 12.4 Å². The zero-order valence-corrected chi connectivity index (χ0v) is 16.2. The first-order valence-electron chi connectivity index (χ1n) is 8.97. The molecule has 0 spiro atoms. The number of rotatable bonds is 7. The molecule has 0 atom stereocenters. The molecular weight excluding hydrogens is 374 g/mol. The number of hydrogen-bond acceptors (Lipinski definition) is 3. The van der Waals surface area contributed by atoms with Gasteiger partial charge in [-0.05, 0) is 48.4 Å². The van der Waals surface area contributed by atoms with Gasteiger partial charge in [0.2, 0.25) is 0 Å². The minimum absolute atomic E-state index is 0.0448. The zero-order valence-electron chi connectivity index (χ0n) is 15.4. The largest absolute Gasteiger partial charge is 0.485 e. The summed E-state index contributed by atoms with van der Waals surface area (Å²) < 4.78 is 5.56. The Morgan fingerprint density at radius 3 is 2.25 bits per heavy atom. The molecular formula is C23H20ClNO3. The molecule has 3 aromatic carbocycles. The van der Waals surface area contributed by atoms with Crippen LogP contribution in [0.1, 0.15) is 33.2 Å². The van der Waals surface area contributed by atoms with E-state index in [1.807, 2.05) is 24.3 Å². The van der Waals surface area contributed by atoms with Crippen molar-refractivity contribution in [3.05, 3.63) is 94.5 Å². The average molecular weight is 394 g/mol. The summed E-state index contributed by atoms with van der Waals surface area (Å²) >= 11 is 6.04. The van der Waals surface area contributed by atoms with Crippen LogP contribution in [0.3, 0.4) is 0 Å². The number of aryl methyl sites for hydroxylation is 1. The van der Waals surface area contributed by atoms with Crippen LogP contribution in [0.2, 0.25) is 5.02 Å². The first-order chi connectivity index (χ1) is 13.6. The lowest BCUT2D eigenvalue weighted by Gasteiger charge is -2.09. The van der Waals surface area contributed by atoms with E-state index < -0.39 is 0 Å². The monoisotopic (exact) mass is 393 g/mol. The van der Waals surface area contributed by atoms with Crippen molar-refractivity contribution >= 4 is 29.0 Å². The normalized spacial score (nSPS) is 10.4. The van der Waals surface area contributed by atoms with Crippen molar-refractivity contribution in [1.29, 1.82) is 0 Å². The molecule has 4 nitrogen and oxygen atoms in total. The van der Waals surface area contributed by atoms with Gasteiger partial charge in [0.25, 0.3) is 5.91 Å². The maximum absolute atomic E-state index is 12.3. The molecule has 0 aliphatic rings. The molecule has 0 aliphatic heterocycles. The van der Waals surface area contributed by atoms with Gasteiger partial charge in [-0.15, -0.1) is 0 Å². The second-order valence-corrected chi connectivity index (χ2v) is 6.63. The molecule has 0 radical (unpaired) electrons. The molecule has 5 heteroatoms. The van der Waals surface area contributed by atoms with Crippen LogP contribution in [0.15, 0.2) is 72.8 Å². The third-order valence-corrected chi connectivity index (χ3v) is 4.61. The molecule has 0 unspecified atom stereocenters. The smallest absolute Gasteiger partial charge is 0.257 e. The first kappa shape index (κ1) is 19.6. The number of benzene rings is 3. The highest BCUT2D eigenvalue weighted by Gasteiger charge is 2.10. The van der Waals surface area contributed by atoms with E-state index in [-0.39, 0.29) is 18.3 Å². The van der Waals surface area contributed by atoms with Gasteiger partial charge in [-0.1, -0.05) is 54.9 Å². The SMILES string of the molecule is CCc1ccc(C(=O)COc2ccc(NC(=O)c3ccccc3Cl)cc2)cc1. The second-order valence-electron chi connectivity index (χ2n) is 6.22. The highest BCUT2D eigenvalue weighted by atomic mass is 35.5. The molecule has 3 aromatic rings. The van der Waals surface area contributed by atoms with Crippen LogP contribution in [-0.4, -0.2) is 18.3 Å². The molecule has 3 rings (SSSR count). The van der Waals surface area contributed by atoms with Crippen molar-refractivity contribution in [2.24, 2.45) is 0 Å². The molecule has 0 aliphatic carbocycles. The molecule has 28 heavy (non-hydrogen) atoms. The fourth-order valence-corrected chi connectivity index (χ4v) is 2.86. The number of carbonyl (C=O) groups is 2. The van der Waals surface area contributed by atoms with Crippen molar-refractivity contribution in [2.75, 3.05) is 11.9 Å². The number of carbonyl (C=O) groups excluding carboxylic acids is 2. The van der Waals surface area contributed by atoms with E-state index in [1.54, 1.807) is 48.5 Å². The third kappa shape index (κ3) is 4.99. The lowest BCUT2D eigenvalue weighted by Crippen LogP contribution is -2.13. The topological polar surface area (TPSA) is 55.4 Å². The van der Waals surface area contributed by atoms with E-state index >= 15 is 0 Å². The van der Waals surface area contributed by atoms with Gasteiger partial charge in [0.1, 0.15) is 5.75 Å². The number of hydrogen-bond donors (Lipinski definition) is 1. The van der Waals surface area contributed by atoms with Crippen LogP contribution in [0.5, 0.6) is 5.75 Å². The van der Waals surface area contributed by atoms with Gasteiger partial charge in [-0.25, -0.2) is 0 Å². The summed E-state index contributed by atoms with van der Waals surface area (Å²) in [6.07, 6.45) is 0.935. The maximum atomic E-state index is 12.3. The van der Waals surface area contributed by atoms with Crippen molar-refractivity contribution in [2.45, 2.75) is 13.3 Å². The van der Waals surface area contributed by atoms with Crippen molar-refractivity contribution < 1.29 is 14.3 Å². The number of ketones is 1. The average Bonchev–Trinajstić information content (AvgIpc) is 2.73. The van der Waals surface area contributed by atoms with Gasteiger partial charge in [-0.2, -0.15) is 0 Å². The summed E-state index contributed by atoms with van der Waals surface area (Å²) in [6, 6.07) is 21.2. The number of amides is 1. The number of anilines is 1. The molecule has 1 amide bonds. The highest BCUT2D eigenvalue weighted by molar-refractivity contribution is 6.34. The predicted molar refractivity (Wildman–Crippen MR) is 111 cm³/mol. The van der Waals surface area contributed by atoms with Crippen LogP contribution in [0.25, 0.3) is 0 Å². The fraction of sp³-hybridized carbons (Fsp3) is 0.130. The Hall–Kier alpha value is -3.11. The number of Topliss-reactive ketones (excluding diaryl/α,β-unsaturated/α-hetero) is 1. The molecule has 0 saturated carbocycles. The van der Waals surface area contributed by atoms with E-state index in [0.717, 1.165) is 6.42 Å². The van der Waals surface area contributed by atoms with Crippen molar-refractivity contribution in [3.8, 4) is 5.75 Å². The summed E-state index contributed by atoms with van der Waals surface area (Å²) in [7, 11) is 0. The quantitative estimate of drug-likeness (QED) is 0.545. The summed E-state index contributed by atoms with van der Waals surface area (Å²) in [5.74, 6) is 0.179. The summed E-state index contributed by atoms with van der Waals surface area (Å²) in [5.41, 5.74) is 2.83. The number of nitrogens with one attached hydrogen (secondary N) is 1. The molecule has 0 bridgehead atoms. The minimum atomic E-state index is -0.287. The predicted octanol–water partition coefficient (Wildman–Crippen LogP) is 5.42. The van der Waals surface area contributed by atoms with Gasteiger partial charge in [-0.3, -0.25) is 9.59 Å². The van der Waals surface area contributed by atoms with E-state index in [0.29, 0.717) is 27.6 Å². The molecule has 0 saturated heterocycles. The van der Waals surface area contributed by atoms with E-state index in [2.05, 4.69) is 12.2 Å². The van der Waals surface area contributed by atoms with Gasteiger partial charge < -0.3 is 10.1 Å². The van der Waals surface area contributed by atoms with Crippen molar-refractivity contribution in [3.63, 3.8) is 0 Å².